The van der Waals surface area contributed by atoms with Crippen molar-refractivity contribution in [3.63, 3.8) is 0 Å². The lowest BCUT2D eigenvalue weighted by Gasteiger charge is -2.20. The first kappa shape index (κ1) is 11.4. The van der Waals surface area contributed by atoms with Gasteiger partial charge < -0.3 is 10.6 Å². The van der Waals surface area contributed by atoms with Crippen molar-refractivity contribution in [2.75, 3.05) is 17.7 Å². The van der Waals surface area contributed by atoms with Crippen molar-refractivity contribution in [1.29, 1.82) is 0 Å². The number of benzene rings is 2. The summed E-state index contributed by atoms with van der Waals surface area (Å²) >= 11 is 0. The van der Waals surface area contributed by atoms with E-state index in [1.807, 2.05) is 0 Å². The summed E-state index contributed by atoms with van der Waals surface area (Å²) in [5.41, 5.74) is 6.74. The molecular formula is C13H12F2N2. The number of hydrogen-bond acceptors (Lipinski definition) is 2. The van der Waals surface area contributed by atoms with E-state index in [0.717, 1.165) is 0 Å². The molecule has 0 aliphatic rings. The second-order valence-corrected chi connectivity index (χ2v) is 3.75. The van der Waals surface area contributed by atoms with E-state index in [-0.39, 0.29) is 5.82 Å². The molecule has 0 amide bonds. The third kappa shape index (κ3) is 2.36. The zero-order valence-electron chi connectivity index (χ0n) is 9.32. The molecular weight excluding hydrogens is 222 g/mol. The standard InChI is InChI=1S/C13H12F2N2/c1-17(13-5-3-2-4-12(13)15)11-7-9(14)6-10(16)8-11/h2-8H,16H2,1H3. The molecule has 0 unspecified atom stereocenters. The molecule has 0 aliphatic heterocycles. The van der Waals surface area contributed by atoms with E-state index in [9.17, 15) is 8.78 Å². The fourth-order valence-corrected chi connectivity index (χ4v) is 1.65. The quantitative estimate of drug-likeness (QED) is 0.808. The minimum Gasteiger partial charge on any atom is -0.399 e. The average molecular weight is 234 g/mol. The third-order valence-electron chi connectivity index (χ3n) is 2.51. The Labute approximate surface area is 98.3 Å². The van der Waals surface area contributed by atoms with Gasteiger partial charge >= 0.3 is 0 Å². The Morgan fingerprint density at radius 3 is 2.41 bits per heavy atom. The summed E-state index contributed by atoms with van der Waals surface area (Å²) < 4.78 is 26.8. The molecule has 2 nitrogen and oxygen atoms in total. The Balaban J connectivity index is 2.43. The van der Waals surface area contributed by atoms with Gasteiger partial charge in [-0.3, -0.25) is 0 Å². The minimum absolute atomic E-state index is 0.309. The number of para-hydroxylation sites is 1. The van der Waals surface area contributed by atoms with E-state index in [4.69, 9.17) is 5.73 Å². The van der Waals surface area contributed by atoms with E-state index in [1.165, 1.54) is 18.2 Å². The summed E-state index contributed by atoms with van der Waals surface area (Å²) in [5, 5.41) is 0. The first-order chi connectivity index (χ1) is 8.08. The van der Waals surface area contributed by atoms with Crippen LogP contribution in [0, 0.1) is 11.6 Å². The average Bonchev–Trinajstić information content (AvgIpc) is 2.27. The molecule has 0 atom stereocenters. The molecule has 2 aromatic carbocycles. The number of nitrogen functional groups attached to an aromatic ring is 1. The predicted octanol–water partition coefficient (Wildman–Crippen LogP) is 3.31. The molecule has 0 saturated heterocycles. The van der Waals surface area contributed by atoms with Gasteiger partial charge in [0.05, 0.1) is 5.69 Å². The number of nitrogens with two attached hydrogens (primary N) is 1. The highest BCUT2D eigenvalue weighted by atomic mass is 19.1. The number of hydrogen-bond donors (Lipinski definition) is 1. The Hall–Kier alpha value is -2.10. The lowest BCUT2D eigenvalue weighted by molar-refractivity contribution is 0.624. The number of anilines is 3. The molecule has 88 valence electrons. The van der Waals surface area contributed by atoms with Crippen molar-refractivity contribution >= 4 is 17.1 Å². The highest BCUT2D eigenvalue weighted by molar-refractivity contribution is 5.66. The Morgan fingerprint density at radius 2 is 1.76 bits per heavy atom. The predicted molar refractivity (Wildman–Crippen MR) is 65.3 cm³/mol. The van der Waals surface area contributed by atoms with Crippen LogP contribution in [-0.2, 0) is 0 Å². The summed E-state index contributed by atoms with van der Waals surface area (Å²) in [6.45, 7) is 0. The van der Waals surface area contributed by atoms with Crippen molar-refractivity contribution < 1.29 is 8.78 Å². The van der Waals surface area contributed by atoms with Crippen molar-refractivity contribution in [2.24, 2.45) is 0 Å². The third-order valence-corrected chi connectivity index (χ3v) is 2.51. The van der Waals surface area contributed by atoms with Gasteiger partial charge in [0.15, 0.2) is 0 Å². The van der Waals surface area contributed by atoms with Crippen molar-refractivity contribution in [1.82, 2.24) is 0 Å². The van der Waals surface area contributed by atoms with Crippen LogP contribution in [0.4, 0.5) is 25.8 Å². The molecule has 0 fully saturated rings. The molecule has 17 heavy (non-hydrogen) atoms. The zero-order valence-corrected chi connectivity index (χ0v) is 9.32. The van der Waals surface area contributed by atoms with E-state index in [2.05, 4.69) is 0 Å². The fourth-order valence-electron chi connectivity index (χ4n) is 1.65. The number of halogens is 2. The van der Waals surface area contributed by atoms with Crippen molar-refractivity contribution in [3.05, 3.63) is 54.1 Å². The van der Waals surface area contributed by atoms with Crippen molar-refractivity contribution in [3.8, 4) is 0 Å². The van der Waals surface area contributed by atoms with Gasteiger partial charge in [0, 0.05) is 18.4 Å². The smallest absolute Gasteiger partial charge is 0.146 e. The number of nitrogens with zero attached hydrogens (tertiary/aromatic N) is 1. The van der Waals surface area contributed by atoms with Gasteiger partial charge in [0.1, 0.15) is 11.6 Å². The molecule has 0 spiro atoms. The summed E-state index contributed by atoms with van der Waals surface area (Å²) in [4.78, 5) is 1.55. The van der Waals surface area contributed by atoms with Gasteiger partial charge in [-0.15, -0.1) is 0 Å². The van der Waals surface area contributed by atoms with Gasteiger partial charge in [0.2, 0.25) is 0 Å². The topological polar surface area (TPSA) is 29.3 Å². The minimum atomic E-state index is -0.441. The fraction of sp³-hybridized carbons (Fsp3) is 0.0769. The molecule has 2 N–H and O–H groups in total. The lowest BCUT2D eigenvalue weighted by atomic mass is 10.2. The molecule has 0 radical (unpaired) electrons. The first-order valence-corrected chi connectivity index (χ1v) is 5.12. The monoisotopic (exact) mass is 234 g/mol. The van der Waals surface area contributed by atoms with Gasteiger partial charge in [-0.2, -0.15) is 0 Å². The number of rotatable bonds is 2. The molecule has 4 heteroatoms. The Kier molecular flexibility index (Phi) is 2.95. The molecule has 2 rings (SSSR count). The molecule has 2 aromatic rings. The molecule has 0 aliphatic carbocycles. The summed E-state index contributed by atoms with van der Waals surface area (Å²) in [7, 11) is 1.66. The Bertz CT molecular complexity index is 520. The second-order valence-electron chi connectivity index (χ2n) is 3.75. The van der Waals surface area contributed by atoms with Gasteiger partial charge in [-0.1, -0.05) is 12.1 Å². The van der Waals surface area contributed by atoms with Crippen LogP contribution >= 0.6 is 0 Å². The first-order valence-electron chi connectivity index (χ1n) is 5.12. The van der Waals surface area contributed by atoms with Crippen molar-refractivity contribution in [2.45, 2.75) is 0 Å². The van der Waals surface area contributed by atoms with E-state index in [1.54, 1.807) is 36.2 Å². The largest absolute Gasteiger partial charge is 0.399 e. The molecule has 0 aromatic heterocycles. The van der Waals surface area contributed by atoms with Crippen LogP contribution in [0.2, 0.25) is 0 Å². The van der Waals surface area contributed by atoms with E-state index < -0.39 is 5.82 Å². The van der Waals surface area contributed by atoms with Crippen LogP contribution < -0.4 is 10.6 Å². The molecule has 0 bridgehead atoms. The van der Waals surface area contributed by atoms with E-state index in [0.29, 0.717) is 17.1 Å². The van der Waals surface area contributed by atoms with Crippen LogP contribution in [0.1, 0.15) is 0 Å². The SMILES string of the molecule is CN(c1cc(N)cc(F)c1)c1ccccc1F. The normalized spacial score (nSPS) is 10.3. The van der Waals surface area contributed by atoms with Crippen LogP contribution in [-0.4, -0.2) is 7.05 Å². The zero-order chi connectivity index (χ0) is 12.4. The van der Waals surface area contributed by atoms with Crippen LogP contribution in [0.5, 0.6) is 0 Å². The summed E-state index contributed by atoms with van der Waals surface area (Å²) in [6, 6.07) is 10.4. The van der Waals surface area contributed by atoms with Crippen LogP contribution in [0.15, 0.2) is 42.5 Å². The van der Waals surface area contributed by atoms with Crippen LogP contribution in [0.25, 0.3) is 0 Å². The van der Waals surface area contributed by atoms with E-state index >= 15 is 0 Å². The second kappa shape index (κ2) is 4.41. The van der Waals surface area contributed by atoms with Gasteiger partial charge in [0.25, 0.3) is 0 Å². The highest BCUT2D eigenvalue weighted by Crippen LogP contribution is 2.27. The molecule has 0 heterocycles. The maximum Gasteiger partial charge on any atom is 0.146 e. The highest BCUT2D eigenvalue weighted by Gasteiger charge is 2.10. The molecule has 0 saturated carbocycles. The maximum atomic E-state index is 13.6. The Morgan fingerprint density at radius 1 is 1.06 bits per heavy atom. The van der Waals surface area contributed by atoms with Crippen LogP contribution in [0.3, 0.4) is 0 Å². The van der Waals surface area contributed by atoms with Gasteiger partial charge in [-0.25, -0.2) is 8.78 Å². The van der Waals surface area contributed by atoms with Gasteiger partial charge in [-0.05, 0) is 30.3 Å². The summed E-state index contributed by atoms with van der Waals surface area (Å²) in [5.74, 6) is -0.805. The lowest BCUT2D eigenvalue weighted by Crippen LogP contribution is -2.11. The maximum absolute atomic E-state index is 13.6. The summed E-state index contributed by atoms with van der Waals surface area (Å²) in [6.07, 6.45) is 0.